The van der Waals surface area contributed by atoms with Gasteiger partial charge in [-0.2, -0.15) is 0 Å². The fourth-order valence-electron chi connectivity index (χ4n) is 0.855. The number of primary amides is 1. The van der Waals surface area contributed by atoms with Crippen molar-refractivity contribution in [2.24, 2.45) is 5.73 Å². The van der Waals surface area contributed by atoms with Gasteiger partial charge in [0, 0.05) is 26.3 Å². The van der Waals surface area contributed by atoms with Gasteiger partial charge in [0.25, 0.3) is 0 Å². The molecule has 0 rings (SSSR count). The maximum Gasteiger partial charge on any atom is 0.314 e. The van der Waals surface area contributed by atoms with Gasteiger partial charge in [0.2, 0.25) is 0 Å². The number of hydrogen-bond acceptors (Lipinski definition) is 3. The van der Waals surface area contributed by atoms with Gasteiger partial charge in [0.15, 0.2) is 0 Å². The smallest absolute Gasteiger partial charge is 0.314 e. The summed E-state index contributed by atoms with van der Waals surface area (Å²) < 4.78 is 0. The summed E-state index contributed by atoms with van der Waals surface area (Å²) in [6, 6.07) is -0.503. The molecule has 0 radical (unpaired) electrons. The number of rotatable bonds is 6. The van der Waals surface area contributed by atoms with Crippen LogP contribution in [-0.2, 0) is 0 Å². The molecule has 0 spiro atoms. The van der Waals surface area contributed by atoms with Crippen LogP contribution < -0.4 is 5.73 Å². The van der Waals surface area contributed by atoms with Crippen molar-refractivity contribution in [2.45, 2.75) is 12.8 Å². The van der Waals surface area contributed by atoms with Gasteiger partial charge in [-0.3, -0.25) is 0 Å². The number of nitrogens with zero attached hydrogens (tertiary/aromatic N) is 1. The minimum atomic E-state index is -0.503. The largest absolute Gasteiger partial charge is 0.396 e. The van der Waals surface area contributed by atoms with Crippen molar-refractivity contribution in [3.8, 4) is 0 Å². The molecule has 0 aromatic rings. The number of carbonyl (C=O) groups is 1. The summed E-state index contributed by atoms with van der Waals surface area (Å²) in [4.78, 5) is 12.1. The molecular weight excluding hydrogens is 160 g/mol. The topological polar surface area (TPSA) is 86.8 Å². The van der Waals surface area contributed by atoms with Crippen molar-refractivity contribution in [1.29, 1.82) is 0 Å². The van der Waals surface area contributed by atoms with Crippen molar-refractivity contribution < 1.29 is 15.0 Å². The molecule has 72 valence electrons. The first kappa shape index (κ1) is 11.2. The van der Waals surface area contributed by atoms with E-state index in [1.165, 1.54) is 4.90 Å². The molecule has 5 heteroatoms. The van der Waals surface area contributed by atoms with Gasteiger partial charge in [0.1, 0.15) is 0 Å². The van der Waals surface area contributed by atoms with Crippen molar-refractivity contribution in [2.75, 3.05) is 26.3 Å². The van der Waals surface area contributed by atoms with Crippen LogP contribution >= 0.6 is 0 Å². The first-order valence-corrected chi connectivity index (χ1v) is 3.98. The number of aliphatic hydroxyl groups excluding tert-OH is 2. The van der Waals surface area contributed by atoms with Gasteiger partial charge in [-0.1, -0.05) is 0 Å². The minimum Gasteiger partial charge on any atom is -0.396 e. The summed E-state index contributed by atoms with van der Waals surface area (Å²) in [6.07, 6.45) is 1.04. The Kier molecular flexibility index (Phi) is 6.41. The Bertz CT molecular complexity index is 122. The van der Waals surface area contributed by atoms with E-state index in [0.29, 0.717) is 25.9 Å². The zero-order valence-corrected chi connectivity index (χ0v) is 7.07. The molecule has 2 amide bonds. The normalized spacial score (nSPS) is 9.83. The van der Waals surface area contributed by atoms with Crippen LogP contribution in [0.4, 0.5) is 4.79 Å². The van der Waals surface area contributed by atoms with Crippen LogP contribution in [-0.4, -0.2) is 47.4 Å². The summed E-state index contributed by atoms with van der Waals surface area (Å²) in [5.41, 5.74) is 5.04. The molecule has 0 aliphatic carbocycles. The molecule has 0 saturated carbocycles. The summed E-state index contributed by atoms with van der Waals surface area (Å²) >= 11 is 0. The molecule has 12 heavy (non-hydrogen) atoms. The zero-order chi connectivity index (χ0) is 9.40. The monoisotopic (exact) mass is 176 g/mol. The van der Waals surface area contributed by atoms with E-state index in [1.807, 2.05) is 0 Å². The van der Waals surface area contributed by atoms with Gasteiger partial charge in [-0.15, -0.1) is 0 Å². The molecule has 0 atom stereocenters. The fourth-order valence-corrected chi connectivity index (χ4v) is 0.855. The van der Waals surface area contributed by atoms with Crippen LogP contribution in [0.1, 0.15) is 12.8 Å². The highest BCUT2D eigenvalue weighted by Crippen LogP contribution is 1.92. The average molecular weight is 176 g/mol. The number of urea groups is 1. The lowest BCUT2D eigenvalue weighted by molar-refractivity contribution is 0.189. The van der Waals surface area contributed by atoms with Gasteiger partial charge in [0.05, 0.1) is 0 Å². The first-order valence-electron chi connectivity index (χ1n) is 3.98. The Labute approximate surface area is 71.8 Å². The number of nitrogens with two attached hydrogens (primary N) is 1. The second-order valence-electron chi connectivity index (χ2n) is 2.48. The van der Waals surface area contributed by atoms with Gasteiger partial charge >= 0.3 is 6.03 Å². The highest BCUT2D eigenvalue weighted by Gasteiger charge is 2.07. The molecule has 4 N–H and O–H groups in total. The second-order valence-corrected chi connectivity index (χ2v) is 2.48. The zero-order valence-electron chi connectivity index (χ0n) is 7.07. The molecule has 0 heterocycles. The third-order valence-corrected chi connectivity index (χ3v) is 1.48. The predicted octanol–water partition coefficient (Wildman–Crippen LogP) is -0.868. The van der Waals surface area contributed by atoms with Crippen molar-refractivity contribution in [3.05, 3.63) is 0 Å². The van der Waals surface area contributed by atoms with Crippen molar-refractivity contribution in [3.63, 3.8) is 0 Å². The molecule has 0 unspecified atom stereocenters. The van der Waals surface area contributed by atoms with Gasteiger partial charge in [-0.05, 0) is 12.8 Å². The molecule has 0 aliphatic rings. The van der Waals surface area contributed by atoms with E-state index < -0.39 is 6.03 Å². The summed E-state index contributed by atoms with van der Waals surface area (Å²) in [5, 5.41) is 17.0. The number of aliphatic hydroxyl groups is 2. The van der Waals surface area contributed by atoms with Crippen LogP contribution in [0, 0.1) is 0 Å². The molecule has 0 bridgehead atoms. The summed E-state index contributed by atoms with van der Waals surface area (Å²) in [6.45, 7) is 0.990. The minimum absolute atomic E-state index is 0.0445. The molecule has 0 saturated heterocycles. The van der Waals surface area contributed by atoms with E-state index in [0.717, 1.165) is 0 Å². The highest BCUT2D eigenvalue weighted by molar-refractivity contribution is 5.71. The fraction of sp³-hybridized carbons (Fsp3) is 0.857. The number of amides is 2. The molecule has 0 aromatic heterocycles. The van der Waals surface area contributed by atoms with Crippen LogP contribution in [0.25, 0.3) is 0 Å². The Morgan fingerprint density at radius 3 is 1.83 bits per heavy atom. The Morgan fingerprint density at radius 1 is 1.17 bits per heavy atom. The average Bonchev–Trinajstić information content (AvgIpc) is 2.04. The lowest BCUT2D eigenvalue weighted by Crippen LogP contribution is -2.37. The Hall–Kier alpha value is -0.810. The third-order valence-electron chi connectivity index (χ3n) is 1.48. The first-order chi connectivity index (χ1) is 5.72. The standard InChI is InChI=1S/C7H16N2O3/c8-7(12)9(3-1-5-10)4-2-6-11/h10-11H,1-6H2,(H2,8,12). The predicted molar refractivity (Wildman–Crippen MR) is 44.6 cm³/mol. The Morgan fingerprint density at radius 2 is 1.58 bits per heavy atom. The van der Waals surface area contributed by atoms with E-state index in [9.17, 15) is 4.79 Å². The maximum absolute atomic E-state index is 10.7. The summed E-state index contributed by atoms with van der Waals surface area (Å²) in [7, 11) is 0. The Balaban J connectivity index is 3.62. The van der Waals surface area contributed by atoms with Crippen LogP contribution in [0.3, 0.4) is 0 Å². The van der Waals surface area contributed by atoms with Crippen molar-refractivity contribution >= 4 is 6.03 Å². The van der Waals surface area contributed by atoms with E-state index in [-0.39, 0.29) is 13.2 Å². The molecule has 0 aliphatic heterocycles. The quantitative estimate of drug-likeness (QED) is 0.491. The van der Waals surface area contributed by atoms with E-state index in [1.54, 1.807) is 0 Å². The van der Waals surface area contributed by atoms with E-state index in [4.69, 9.17) is 15.9 Å². The van der Waals surface area contributed by atoms with Crippen LogP contribution in [0.5, 0.6) is 0 Å². The SMILES string of the molecule is NC(=O)N(CCCO)CCCO. The lowest BCUT2D eigenvalue weighted by atomic mass is 10.3. The highest BCUT2D eigenvalue weighted by atomic mass is 16.3. The second kappa shape index (κ2) is 6.87. The number of hydrogen-bond donors (Lipinski definition) is 3. The maximum atomic E-state index is 10.7. The molecule has 5 nitrogen and oxygen atoms in total. The molecular formula is C7H16N2O3. The van der Waals surface area contributed by atoms with Crippen LogP contribution in [0.2, 0.25) is 0 Å². The van der Waals surface area contributed by atoms with Gasteiger partial charge < -0.3 is 20.8 Å². The summed E-state index contributed by atoms with van der Waals surface area (Å²) in [5.74, 6) is 0. The number of carbonyl (C=O) groups excluding carboxylic acids is 1. The van der Waals surface area contributed by atoms with E-state index >= 15 is 0 Å². The van der Waals surface area contributed by atoms with E-state index in [2.05, 4.69) is 0 Å². The third kappa shape index (κ3) is 4.92. The lowest BCUT2D eigenvalue weighted by Gasteiger charge is -2.18. The molecule has 0 aromatic carbocycles. The molecule has 0 fully saturated rings. The van der Waals surface area contributed by atoms with Crippen LogP contribution in [0.15, 0.2) is 0 Å². The van der Waals surface area contributed by atoms with Gasteiger partial charge in [-0.25, -0.2) is 4.79 Å². The van der Waals surface area contributed by atoms with Crippen molar-refractivity contribution in [1.82, 2.24) is 4.90 Å².